The molecule has 0 aliphatic carbocycles. The van der Waals surface area contributed by atoms with E-state index in [2.05, 4.69) is 5.32 Å². The van der Waals surface area contributed by atoms with Gasteiger partial charge in [-0.1, -0.05) is 18.2 Å². The fourth-order valence-electron chi connectivity index (χ4n) is 3.47. The summed E-state index contributed by atoms with van der Waals surface area (Å²) in [4.78, 5) is 26.5. The highest BCUT2D eigenvalue weighted by Crippen LogP contribution is 2.32. The number of furan rings is 1. The van der Waals surface area contributed by atoms with E-state index in [4.69, 9.17) is 9.15 Å². The molecule has 2 amide bonds. The number of ether oxygens (including phenoxy) is 1. The Kier molecular flexibility index (Phi) is 4.17. The summed E-state index contributed by atoms with van der Waals surface area (Å²) < 4.78 is 10.9. The van der Waals surface area contributed by atoms with Gasteiger partial charge in [0.25, 0.3) is 0 Å². The monoisotopic (exact) mass is 340 g/mol. The molecule has 0 spiro atoms. The van der Waals surface area contributed by atoms with E-state index in [0.717, 1.165) is 23.5 Å². The van der Waals surface area contributed by atoms with Gasteiger partial charge in [0.1, 0.15) is 11.5 Å². The molecule has 1 fully saturated rings. The maximum Gasteiger partial charge on any atom is 0.225 e. The molecule has 0 unspecified atom stereocenters. The van der Waals surface area contributed by atoms with E-state index in [9.17, 15) is 9.59 Å². The predicted molar refractivity (Wildman–Crippen MR) is 89.7 cm³/mol. The normalized spacial score (nSPS) is 22.4. The largest absolute Gasteiger partial charge is 0.493 e. The van der Waals surface area contributed by atoms with Gasteiger partial charge in [0.05, 0.1) is 31.4 Å². The molecule has 1 saturated heterocycles. The predicted octanol–water partition coefficient (Wildman–Crippen LogP) is 2.27. The molecule has 2 aliphatic rings. The van der Waals surface area contributed by atoms with E-state index < -0.39 is 0 Å². The molecule has 1 aromatic heterocycles. The van der Waals surface area contributed by atoms with E-state index in [1.54, 1.807) is 17.2 Å². The molecule has 6 nitrogen and oxygen atoms in total. The van der Waals surface area contributed by atoms with Crippen LogP contribution >= 0.6 is 0 Å². The second kappa shape index (κ2) is 6.63. The lowest BCUT2D eigenvalue weighted by Gasteiger charge is -2.27. The Morgan fingerprint density at radius 2 is 2.12 bits per heavy atom. The van der Waals surface area contributed by atoms with Gasteiger partial charge >= 0.3 is 0 Å². The summed E-state index contributed by atoms with van der Waals surface area (Å²) in [5, 5.41) is 3.10. The maximum absolute atomic E-state index is 12.7. The number of benzene rings is 1. The molecule has 0 bridgehead atoms. The molecule has 2 aliphatic heterocycles. The first-order chi connectivity index (χ1) is 12.2. The summed E-state index contributed by atoms with van der Waals surface area (Å²) in [5.74, 6) is 1.15. The van der Waals surface area contributed by atoms with E-state index in [1.807, 2.05) is 30.3 Å². The number of likely N-dealkylation sites (tertiary alicyclic amines) is 1. The van der Waals surface area contributed by atoms with Crippen molar-refractivity contribution in [2.75, 3.05) is 13.2 Å². The molecule has 2 atom stereocenters. The minimum atomic E-state index is -0.322. The number of hydrogen-bond acceptors (Lipinski definition) is 4. The van der Waals surface area contributed by atoms with Gasteiger partial charge in [-0.15, -0.1) is 0 Å². The number of nitrogens with zero attached hydrogens (tertiary/aromatic N) is 1. The zero-order valence-corrected chi connectivity index (χ0v) is 13.8. The van der Waals surface area contributed by atoms with Crippen molar-refractivity contribution in [2.45, 2.75) is 25.4 Å². The topological polar surface area (TPSA) is 71.8 Å². The number of amides is 2. The van der Waals surface area contributed by atoms with Gasteiger partial charge in [0.2, 0.25) is 11.8 Å². The quantitative estimate of drug-likeness (QED) is 0.927. The number of carbonyl (C=O) groups is 2. The Morgan fingerprint density at radius 3 is 2.96 bits per heavy atom. The van der Waals surface area contributed by atoms with Gasteiger partial charge in [0, 0.05) is 24.9 Å². The highest BCUT2D eigenvalue weighted by atomic mass is 16.5. The van der Waals surface area contributed by atoms with Crippen LogP contribution in [0.25, 0.3) is 0 Å². The Bertz CT molecular complexity index is 771. The number of hydrogen-bond donors (Lipinski definition) is 1. The molecule has 4 rings (SSSR count). The van der Waals surface area contributed by atoms with Crippen LogP contribution in [-0.4, -0.2) is 29.9 Å². The summed E-state index contributed by atoms with van der Waals surface area (Å²) in [6.07, 6.45) is 2.57. The van der Waals surface area contributed by atoms with Crippen LogP contribution < -0.4 is 10.1 Å². The third kappa shape index (κ3) is 3.24. The molecule has 1 N–H and O–H groups in total. The van der Waals surface area contributed by atoms with Crippen LogP contribution in [0, 0.1) is 5.92 Å². The summed E-state index contributed by atoms with van der Waals surface area (Å²) in [7, 11) is 0. The average molecular weight is 340 g/mol. The van der Waals surface area contributed by atoms with Gasteiger partial charge in [0.15, 0.2) is 0 Å². The number of fused-ring (bicyclic) bond motifs is 1. The average Bonchev–Trinajstić information content (AvgIpc) is 3.26. The first-order valence-electron chi connectivity index (χ1n) is 8.53. The van der Waals surface area contributed by atoms with Crippen molar-refractivity contribution in [3.63, 3.8) is 0 Å². The fraction of sp³-hybridized carbons (Fsp3) is 0.368. The SMILES string of the molecule is O=C(N[C@H]1CCOc2ccccc21)[C@H]1CC(=O)N(Cc2ccco2)C1. The van der Waals surface area contributed by atoms with Crippen LogP contribution in [0.1, 0.15) is 30.2 Å². The van der Waals surface area contributed by atoms with Crippen LogP contribution in [0.2, 0.25) is 0 Å². The summed E-state index contributed by atoms with van der Waals surface area (Å²) >= 11 is 0. The van der Waals surface area contributed by atoms with Crippen LogP contribution in [0.5, 0.6) is 5.75 Å². The summed E-state index contributed by atoms with van der Waals surface area (Å²) in [6.45, 7) is 1.42. The lowest BCUT2D eigenvalue weighted by atomic mass is 9.99. The highest BCUT2D eigenvalue weighted by molar-refractivity contribution is 5.89. The Labute approximate surface area is 145 Å². The van der Waals surface area contributed by atoms with Crippen molar-refractivity contribution >= 4 is 11.8 Å². The van der Waals surface area contributed by atoms with E-state index in [0.29, 0.717) is 19.7 Å². The van der Waals surface area contributed by atoms with E-state index >= 15 is 0 Å². The van der Waals surface area contributed by atoms with Gasteiger partial charge in [-0.25, -0.2) is 0 Å². The third-order valence-electron chi connectivity index (χ3n) is 4.79. The lowest BCUT2D eigenvalue weighted by molar-refractivity contribution is -0.129. The Balaban J connectivity index is 1.40. The number of rotatable bonds is 4. The maximum atomic E-state index is 12.7. The van der Waals surface area contributed by atoms with Gasteiger partial charge in [-0.2, -0.15) is 0 Å². The van der Waals surface area contributed by atoms with Crippen LogP contribution in [0.3, 0.4) is 0 Å². The van der Waals surface area contributed by atoms with Crippen molar-refractivity contribution in [1.29, 1.82) is 0 Å². The number of carbonyl (C=O) groups excluding carboxylic acids is 2. The standard InChI is InChI=1S/C19H20N2O4/c22-18-10-13(11-21(18)12-14-4-3-8-24-14)19(23)20-16-7-9-25-17-6-2-1-5-15(16)17/h1-6,8,13,16H,7,9-12H2,(H,20,23)/t13-,16-/m0/s1. The molecular formula is C19H20N2O4. The Hall–Kier alpha value is -2.76. The fourth-order valence-corrected chi connectivity index (χ4v) is 3.47. The van der Waals surface area contributed by atoms with Crippen LogP contribution in [0.4, 0.5) is 0 Å². The molecule has 0 saturated carbocycles. The van der Waals surface area contributed by atoms with Gasteiger partial charge in [-0.05, 0) is 18.2 Å². The van der Waals surface area contributed by atoms with Crippen molar-refractivity contribution in [3.05, 3.63) is 54.0 Å². The van der Waals surface area contributed by atoms with E-state index in [1.165, 1.54) is 0 Å². The van der Waals surface area contributed by atoms with Crippen molar-refractivity contribution in [2.24, 2.45) is 5.92 Å². The van der Waals surface area contributed by atoms with Crippen molar-refractivity contribution in [1.82, 2.24) is 10.2 Å². The van der Waals surface area contributed by atoms with Gasteiger partial charge < -0.3 is 19.4 Å². The van der Waals surface area contributed by atoms with Gasteiger partial charge in [-0.3, -0.25) is 9.59 Å². The zero-order chi connectivity index (χ0) is 17.2. The van der Waals surface area contributed by atoms with Crippen molar-refractivity contribution < 1.29 is 18.7 Å². The molecule has 6 heteroatoms. The molecule has 25 heavy (non-hydrogen) atoms. The smallest absolute Gasteiger partial charge is 0.225 e. The lowest BCUT2D eigenvalue weighted by Crippen LogP contribution is -2.37. The first-order valence-corrected chi connectivity index (χ1v) is 8.53. The molecule has 3 heterocycles. The van der Waals surface area contributed by atoms with Crippen LogP contribution in [-0.2, 0) is 16.1 Å². The zero-order valence-electron chi connectivity index (χ0n) is 13.8. The number of para-hydroxylation sites is 1. The highest BCUT2D eigenvalue weighted by Gasteiger charge is 2.36. The Morgan fingerprint density at radius 1 is 1.24 bits per heavy atom. The minimum absolute atomic E-state index is 0.0103. The number of nitrogens with one attached hydrogen (secondary N) is 1. The molecule has 2 aromatic rings. The summed E-state index contributed by atoms with van der Waals surface area (Å²) in [6, 6.07) is 11.3. The first kappa shape index (κ1) is 15.7. The summed E-state index contributed by atoms with van der Waals surface area (Å²) in [5.41, 5.74) is 0.999. The third-order valence-corrected chi connectivity index (χ3v) is 4.79. The van der Waals surface area contributed by atoms with Crippen LogP contribution in [0.15, 0.2) is 47.1 Å². The molecule has 0 radical (unpaired) electrons. The minimum Gasteiger partial charge on any atom is -0.493 e. The molecule has 130 valence electrons. The van der Waals surface area contributed by atoms with Crippen molar-refractivity contribution in [3.8, 4) is 5.75 Å². The molecule has 1 aromatic carbocycles. The second-order valence-electron chi connectivity index (χ2n) is 6.49. The molecular weight excluding hydrogens is 320 g/mol. The van der Waals surface area contributed by atoms with E-state index in [-0.39, 0.29) is 30.2 Å². The second-order valence-corrected chi connectivity index (χ2v) is 6.49.